The molecule has 2 amide bonds. The zero-order valence-corrected chi connectivity index (χ0v) is 21.5. The Kier molecular flexibility index (Phi) is 8.84. The van der Waals surface area contributed by atoms with Crippen LogP contribution < -0.4 is 20.1 Å². The van der Waals surface area contributed by atoms with Crippen molar-refractivity contribution in [3.63, 3.8) is 0 Å². The molecule has 0 radical (unpaired) electrons. The molecule has 0 aliphatic heterocycles. The first-order chi connectivity index (χ1) is 18.1. The summed E-state index contributed by atoms with van der Waals surface area (Å²) in [5.41, 5.74) is 2.61. The second kappa shape index (κ2) is 12.6. The van der Waals surface area contributed by atoms with Gasteiger partial charge < -0.3 is 20.1 Å². The van der Waals surface area contributed by atoms with E-state index in [9.17, 15) is 9.59 Å². The molecular weight excluding hydrogens is 484 g/mol. The number of carbonyl (C=O) groups excluding carboxylic acids is 2. The minimum absolute atomic E-state index is 0.172. The van der Waals surface area contributed by atoms with Gasteiger partial charge in [-0.05, 0) is 61.0 Å². The number of rotatable bonds is 10. The summed E-state index contributed by atoms with van der Waals surface area (Å²) < 4.78 is 10.9. The summed E-state index contributed by atoms with van der Waals surface area (Å²) in [5, 5.41) is 5.43. The van der Waals surface area contributed by atoms with Crippen LogP contribution in [0.1, 0.15) is 28.1 Å². The molecule has 0 heterocycles. The number of benzene rings is 4. The number of amides is 2. The van der Waals surface area contributed by atoms with Gasteiger partial charge in [-0.1, -0.05) is 54.6 Å². The van der Waals surface area contributed by atoms with Gasteiger partial charge in [-0.15, -0.1) is 11.8 Å². The van der Waals surface area contributed by atoms with Crippen molar-refractivity contribution >= 4 is 35.0 Å². The highest BCUT2D eigenvalue weighted by Gasteiger charge is 2.23. The van der Waals surface area contributed by atoms with Gasteiger partial charge in [0.25, 0.3) is 5.91 Å². The largest absolute Gasteiger partial charge is 0.497 e. The van der Waals surface area contributed by atoms with E-state index in [4.69, 9.17) is 9.47 Å². The summed E-state index contributed by atoms with van der Waals surface area (Å²) in [7, 11) is 1.56. The summed E-state index contributed by atoms with van der Waals surface area (Å²) in [4.78, 5) is 27.1. The van der Waals surface area contributed by atoms with Crippen LogP contribution in [0, 0.1) is 0 Å². The van der Waals surface area contributed by atoms with Crippen LogP contribution in [0.25, 0.3) is 0 Å². The van der Waals surface area contributed by atoms with Crippen LogP contribution in [0.15, 0.2) is 108 Å². The van der Waals surface area contributed by atoms with Crippen molar-refractivity contribution in [2.75, 3.05) is 24.4 Å². The van der Waals surface area contributed by atoms with E-state index in [0.29, 0.717) is 35.0 Å². The van der Waals surface area contributed by atoms with Gasteiger partial charge in [-0.3, -0.25) is 9.59 Å². The number of hydrogen-bond acceptors (Lipinski definition) is 5. The molecule has 2 N–H and O–H groups in total. The second-order valence-corrected chi connectivity index (χ2v) is 9.22. The molecule has 0 bridgehead atoms. The Balaban J connectivity index is 1.55. The quantitative estimate of drug-likeness (QED) is 0.228. The Morgan fingerprint density at radius 3 is 2.38 bits per heavy atom. The van der Waals surface area contributed by atoms with Crippen molar-refractivity contribution in [3.05, 3.63) is 114 Å². The lowest BCUT2D eigenvalue weighted by Crippen LogP contribution is -2.19. The first-order valence-corrected chi connectivity index (χ1v) is 12.7. The van der Waals surface area contributed by atoms with Crippen LogP contribution in [-0.2, 0) is 4.79 Å². The van der Waals surface area contributed by atoms with E-state index in [-0.39, 0.29) is 11.8 Å². The van der Waals surface area contributed by atoms with E-state index in [1.807, 2.05) is 85.8 Å². The first-order valence-electron chi connectivity index (χ1n) is 11.9. The normalized spacial score (nSPS) is 11.3. The maximum Gasteiger partial charge on any atom is 0.255 e. The zero-order chi connectivity index (χ0) is 26.0. The van der Waals surface area contributed by atoms with Crippen molar-refractivity contribution in [3.8, 4) is 11.5 Å². The lowest BCUT2D eigenvalue weighted by Gasteiger charge is -2.19. The van der Waals surface area contributed by atoms with Crippen LogP contribution >= 0.6 is 11.8 Å². The fourth-order valence-corrected chi connectivity index (χ4v) is 4.78. The molecule has 0 fully saturated rings. The molecule has 4 aromatic rings. The van der Waals surface area contributed by atoms with Crippen molar-refractivity contribution in [1.82, 2.24) is 0 Å². The van der Waals surface area contributed by atoms with E-state index >= 15 is 0 Å². The second-order valence-electron chi connectivity index (χ2n) is 8.04. The molecule has 4 rings (SSSR count). The maximum absolute atomic E-state index is 13.5. The van der Waals surface area contributed by atoms with E-state index in [2.05, 4.69) is 10.6 Å². The van der Waals surface area contributed by atoms with Gasteiger partial charge in [-0.25, -0.2) is 0 Å². The van der Waals surface area contributed by atoms with Crippen molar-refractivity contribution in [2.24, 2.45) is 0 Å². The topological polar surface area (TPSA) is 76.7 Å². The van der Waals surface area contributed by atoms with Crippen LogP contribution in [0.5, 0.6) is 11.5 Å². The molecule has 0 aliphatic carbocycles. The number of thioether (sulfide) groups is 1. The third kappa shape index (κ3) is 6.92. The highest BCUT2D eigenvalue weighted by Crippen LogP contribution is 2.38. The van der Waals surface area contributed by atoms with Gasteiger partial charge in [0, 0.05) is 16.1 Å². The number of para-hydroxylation sites is 2. The molecule has 37 heavy (non-hydrogen) atoms. The fourth-order valence-electron chi connectivity index (χ4n) is 3.70. The maximum atomic E-state index is 13.5. The standard InChI is InChI=1S/C30H28N2O4S/c1-3-36-27-18-8-7-17-26(27)32-30(34)28(21-11-5-4-6-12-21)37-25-16-10-14-23(20-25)31-29(33)22-13-9-15-24(19-22)35-2/h4-20,28H,3H2,1-2H3,(H,31,33)(H,32,34). The predicted octanol–water partition coefficient (Wildman–Crippen LogP) is 6.82. The van der Waals surface area contributed by atoms with Crippen LogP contribution in [0.3, 0.4) is 0 Å². The number of nitrogens with one attached hydrogen (secondary N) is 2. The average Bonchev–Trinajstić information content (AvgIpc) is 2.93. The Labute approximate surface area is 221 Å². The molecule has 0 aromatic heterocycles. The number of carbonyl (C=O) groups is 2. The van der Waals surface area contributed by atoms with Crippen LogP contribution in [0.4, 0.5) is 11.4 Å². The van der Waals surface area contributed by atoms with E-state index in [1.54, 1.807) is 31.4 Å². The van der Waals surface area contributed by atoms with Gasteiger partial charge >= 0.3 is 0 Å². The lowest BCUT2D eigenvalue weighted by molar-refractivity contribution is -0.115. The van der Waals surface area contributed by atoms with E-state index in [1.165, 1.54) is 11.8 Å². The molecule has 0 saturated heterocycles. The Morgan fingerprint density at radius 1 is 0.838 bits per heavy atom. The Morgan fingerprint density at radius 2 is 1.59 bits per heavy atom. The third-order valence-corrected chi connectivity index (χ3v) is 6.71. The Hall–Kier alpha value is -4.23. The molecular formula is C30H28N2O4S. The smallest absolute Gasteiger partial charge is 0.255 e. The van der Waals surface area contributed by atoms with Crippen molar-refractivity contribution < 1.29 is 19.1 Å². The van der Waals surface area contributed by atoms with Gasteiger partial charge in [-0.2, -0.15) is 0 Å². The minimum Gasteiger partial charge on any atom is -0.497 e. The fraction of sp³-hybridized carbons (Fsp3) is 0.133. The molecule has 188 valence electrons. The molecule has 7 heteroatoms. The average molecular weight is 513 g/mol. The number of anilines is 2. The van der Waals surface area contributed by atoms with Crippen LogP contribution in [0.2, 0.25) is 0 Å². The first kappa shape index (κ1) is 25.9. The number of methoxy groups -OCH3 is 1. The zero-order valence-electron chi connectivity index (χ0n) is 20.6. The van der Waals surface area contributed by atoms with Crippen molar-refractivity contribution in [2.45, 2.75) is 17.1 Å². The predicted molar refractivity (Wildman–Crippen MR) is 149 cm³/mol. The summed E-state index contributed by atoms with van der Waals surface area (Å²) in [5.74, 6) is 0.817. The number of ether oxygens (including phenoxy) is 2. The lowest BCUT2D eigenvalue weighted by atomic mass is 10.1. The molecule has 4 aromatic carbocycles. The summed E-state index contributed by atoms with van der Waals surface area (Å²) in [6.07, 6.45) is 0. The summed E-state index contributed by atoms with van der Waals surface area (Å²) >= 11 is 1.41. The highest BCUT2D eigenvalue weighted by molar-refractivity contribution is 8.00. The molecule has 6 nitrogen and oxygen atoms in total. The molecule has 1 atom stereocenters. The molecule has 0 spiro atoms. The SMILES string of the molecule is CCOc1ccccc1NC(=O)C(Sc1cccc(NC(=O)c2cccc(OC)c2)c1)c1ccccc1. The van der Waals surface area contributed by atoms with Gasteiger partial charge in [0.2, 0.25) is 5.91 Å². The molecule has 0 saturated carbocycles. The van der Waals surface area contributed by atoms with Crippen LogP contribution in [-0.4, -0.2) is 25.5 Å². The number of hydrogen-bond donors (Lipinski definition) is 2. The summed E-state index contributed by atoms with van der Waals surface area (Å²) in [6.45, 7) is 2.40. The summed E-state index contributed by atoms with van der Waals surface area (Å²) in [6, 6.07) is 31.4. The van der Waals surface area contributed by atoms with Crippen molar-refractivity contribution in [1.29, 1.82) is 0 Å². The van der Waals surface area contributed by atoms with Gasteiger partial charge in [0.05, 0.1) is 19.4 Å². The van der Waals surface area contributed by atoms with Gasteiger partial charge in [0.15, 0.2) is 0 Å². The van der Waals surface area contributed by atoms with Gasteiger partial charge in [0.1, 0.15) is 16.7 Å². The van der Waals surface area contributed by atoms with E-state index < -0.39 is 5.25 Å². The monoisotopic (exact) mass is 512 g/mol. The minimum atomic E-state index is -0.528. The molecule has 1 unspecified atom stereocenters. The Bertz CT molecular complexity index is 1360. The molecule has 0 aliphatic rings. The third-order valence-electron chi connectivity index (χ3n) is 5.46. The highest BCUT2D eigenvalue weighted by atomic mass is 32.2. The van der Waals surface area contributed by atoms with E-state index in [0.717, 1.165) is 10.5 Å².